The van der Waals surface area contributed by atoms with Gasteiger partial charge in [0, 0.05) is 42.9 Å². The number of benzene rings is 3. The lowest BCUT2D eigenvalue weighted by Gasteiger charge is -2.30. The summed E-state index contributed by atoms with van der Waals surface area (Å²) in [6, 6.07) is 21.6. The van der Waals surface area contributed by atoms with Crippen molar-refractivity contribution in [2.24, 2.45) is 0 Å². The van der Waals surface area contributed by atoms with E-state index >= 15 is 0 Å². The van der Waals surface area contributed by atoms with Crippen molar-refractivity contribution in [3.8, 4) is 11.5 Å². The van der Waals surface area contributed by atoms with Crippen LogP contribution in [0, 0.1) is 0 Å². The average molecular weight is 509 g/mol. The number of imidazole rings is 1. The fourth-order valence-corrected chi connectivity index (χ4v) is 5.92. The first-order valence-electron chi connectivity index (χ1n) is 13.2. The lowest BCUT2D eigenvalue weighted by molar-refractivity contribution is -0.119. The minimum Gasteiger partial charge on any atom is -0.486 e. The zero-order valence-corrected chi connectivity index (χ0v) is 21.0. The van der Waals surface area contributed by atoms with E-state index in [1.165, 1.54) is 5.56 Å². The summed E-state index contributed by atoms with van der Waals surface area (Å²) in [4.78, 5) is 35.5. The van der Waals surface area contributed by atoms with Gasteiger partial charge in [-0.05, 0) is 48.7 Å². The number of carbonyl (C=O) groups is 2. The van der Waals surface area contributed by atoms with Crippen molar-refractivity contribution < 1.29 is 19.1 Å². The maximum absolute atomic E-state index is 13.7. The Balaban J connectivity index is 1.20. The van der Waals surface area contributed by atoms with E-state index in [2.05, 4.69) is 6.07 Å². The maximum atomic E-state index is 13.7. The van der Waals surface area contributed by atoms with Crippen LogP contribution < -0.4 is 19.3 Å². The Labute approximate surface area is 220 Å². The smallest absolute Gasteiger partial charge is 0.246 e. The predicted octanol–water partition coefficient (Wildman–Crippen LogP) is 4.31. The number of amides is 2. The number of hydrogen-bond acceptors (Lipinski definition) is 5. The molecule has 0 bridgehead atoms. The molecule has 38 heavy (non-hydrogen) atoms. The van der Waals surface area contributed by atoms with Crippen molar-refractivity contribution in [1.29, 1.82) is 0 Å². The molecule has 8 nitrogen and oxygen atoms in total. The first-order valence-corrected chi connectivity index (χ1v) is 13.2. The maximum Gasteiger partial charge on any atom is 0.246 e. The van der Waals surface area contributed by atoms with Gasteiger partial charge in [-0.15, -0.1) is 0 Å². The van der Waals surface area contributed by atoms with Gasteiger partial charge in [0.15, 0.2) is 11.5 Å². The van der Waals surface area contributed by atoms with Gasteiger partial charge in [-0.3, -0.25) is 9.59 Å². The third kappa shape index (κ3) is 3.88. The summed E-state index contributed by atoms with van der Waals surface area (Å²) in [5.41, 5.74) is 4.73. The van der Waals surface area contributed by atoms with Crippen molar-refractivity contribution in [3.05, 3.63) is 78.1 Å². The van der Waals surface area contributed by atoms with Crippen LogP contribution in [0.4, 0.5) is 11.4 Å². The Bertz CT molecular complexity index is 1560. The van der Waals surface area contributed by atoms with Gasteiger partial charge in [-0.25, -0.2) is 4.98 Å². The van der Waals surface area contributed by atoms with Crippen molar-refractivity contribution in [2.45, 2.75) is 31.7 Å². The SMILES string of the molecule is O=C1CC(c2nc3ccccc3n2CC(=O)N2CCCc3ccccc32)CN1c1ccc2c(c1)OCCO2. The van der Waals surface area contributed by atoms with Crippen LogP contribution in [0.5, 0.6) is 11.5 Å². The number of carbonyl (C=O) groups excluding carboxylic acids is 2. The Morgan fingerprint density at radius 1 is 0.974 bits per heavy atom. The molecule has 4 aromatic rings. The molecule has 0 radical (unpaired) electrons. The topological polar surface area (TPSA) is 76.9 Å². The van der Waals surface area contributed by atoms with Crippen LogP contribution in [0.25, 0.3) is 11.0 Å². The Morgan fingerprint density at radius 2 is 1.79 bits per heavy atom. The van der Waals surface area contributed by atoms with Gasteiger partial charge in [0.1, 0.15) is 25.6 Å². The summed E-state index contributed by atoms with van der Waals surface area (Å²) < 4.78 is 13.4. The number of anilines is 2. The molecular formula is C30H28N4O4. The number of hydrogen-bond donors (Lipinski definition) is 0. The molecule has 3 aliphatic heterocycles. The molecule has 1 fully saturated rings. The average Bonchev–Trinajstić information content (AvgIpc) is 3.52. The van der Waals surface area contributed by atoms with Crippen molar-refractivity contribution in [3.63, 3.8) is 0 Å². The van der Waals surface area contributed by atoms with E-state index < -0.39 is 0 Å². The molecule has 192 valence electrons. The lowest BCUT2D eigenvalue weighted by Crippen LogP contribution is -2.38. The molecule has 3 aliphatic rings. The van der Waals surface area contributed by atoms with Gasteiger partial charge in [0.05, 0.1) is 11.0 Å². The Kier molecular flexibility index (Phi) is 5.53. The molecule has 1 saturated heterocycles. The van der Waals surface area contributed by atoms with Gasteiger partial charge < -0.3 is 23.8 Å². The van der Waals surface area contributed by atoms with Crippen molar-refractivity contribution in [1.82, 2.24) is 9.55 Å². The van der Waals surface area contributed by atoms with Crippen LogP contribution in [0.3, 0.4) is 0 Å². The zero-order chi connectivity index (χ0) is 25.6. The quantitative estimate of drug-likeness (QED) is 0.411. The number of aryl methyl sites for hydroxylation is 1. The first kappa shape index (κ1) is 22.8. The third-order valence-electron chi connectivity index (χ3n) is 7.72. The summed E-state index contributed by atoms with van der Waals surface area (Å²) in [7, 11) is 0. The normalized spacial score (nSPS) is 18.6. The van der Waals surface area contributed by atoms with Gasteiger partial charge in [-0.2, -0.15) is 0 Å². The molecule has 1 atom stereocenters. The summed E-state index contributed by atoms with van der Waals surface area (Å²) in [6.07, 6.45) is 2.26. The molecule has 0 spiro atoms. The third-order valence-corrected chi connectivity index (χ3v) is 7.72. The van der Waals surface area contributed by atoms with E-state index in [0.717, 1.165) is 41.1 Å². The second-order valence-corrected chi connectivity index (χ2v) is 10.1. The Hall–Kier alpha value is -4.33. The minimum absolute atomic E-state index is 0.0292. The Morgan fingerprint density at radius 3 is 2.71 bits per heavy atom. The van der Waals surface area contributed by atoms with Crippen LogP contribution in [0.15, 0.2) is 66.7 Å². The van der Waals surface area contributed by atoms with Crippen molar-refractivity contribution >= 4 is 34.2 Å². The molecule has 4 heterocycles. The van der Waals surface area contributed by atoms with Crippen LogP contribution in [-0.2, 0) is 22.6 Å². The van der Waals surface area contributed by atoms with E-state index in [1.54, 1.807) is 4.90 Å². The molecule has 0 N–H and O–H groups in total. The summed E-state index contributed by atoms with van der Waals surface area (Å²) in [6.45, 7) is 2.39. The standard InChI is InChI=1S/C30H28N4O4/c35-28-16-21(18-33(28)22-11-12-26-27(17-22)38-15-14-37-26)30-31-23-8-2-4-10-25(23)34(30)19-29(36)32-13-5-7-20-6-1-3-9-24(20)32/h1-4,6,8-12,17,21H,5,7,13-16,18-19H2. The van der Waals surface area contributed by atoms with E-state index in [4.69, 9.17) is 14.5 Å². The highest BCUT2D eigenvalue weighted by Crippen LogP contribution is 2.38. The van der Waals surface area contributed by atoms with E-state index in [-0.39, 0.29) is 24.3 Å². The monoisotopic (exact) mass is 508 g/mol. The van der Waals surface area contributed by atoms with Gasteiger partial charge in [-0.1, -0.05) is 30.3 Å². The minimum atomic E-state index is -0.135. The second kappa shape index (κ2) is 9.20. The number of rotatable bonds is 4. The van der Waals surface area contributed by atoms with Gasteiger partial charge in [0.25, 0.3) is 0 Å². The molecule has 0 saturated carbocycles. The molecular weight excluding hydrogens is 480 g/mol. The highest BCUT2D eigenvalue weighted by molar-refractivity contribution is 5.97. The molecule has 0 aliphatic carbocycles. The van der Waals surface area contributed by atoms with Crippen LogP contribution in [0.2, 0.25) is 0 Å². The number of para-hydroxylation sites is 3. The lowest BCUT2D eigenvalue weighted by atomic mass is 10.0. The summed E-state index contributed by atoms with van der Waals surface area (Å²) in [5.74, 6) is 2.06. The first-order chi connectivity index (χ1) is 18.7. The molecule has 2 amide bonds. The molecule has 7 rings (SSSR count). The number of ether oxygens (including phenoxy) is 2. The zero-order valence-electron chi connectivity index (χ0n) is 21.0. The fraction of sp³-hybridized carbons (Fsp3) is 0.300. The van der Waals surface area contributed by atoms with E-state index in [1.807, 2.05) is 70.1 Å². The largest absolute Gasteiger partial charge is 0.486 e. The number of aromatic nitrogens is 2. The molecule has 1 aromatic heterocycles. The fourth-order valence-electron chi connectivity index (χ4n) is 5.92. The van der Waals surface area contributed by atoms with Crippen LogP contribution >= 0.6 is 0 Å². The number of fused-ring (bicyclic) bond motifs is 3. The van der Waals surface area contributed by atoms with E-state index in [9.17, 15) is 9.59 Å². The highest BCUT2D eigenvalue weighted by Gasteiger charge is 2.36. The predicted molar refractivity (Wildman–Crippen MR) is 144 cm³/mol. The molecule has 1 unspecified atom stereocenters. The molecule has 3 aromatic carbocycles. The van der Waals surface area contributed by atoms with Gasteiger partial charge in [0.2, 0.25) is 11.8 Å². The van der Waals surface area contributed by atoms with E-state index in [0.29, 0.717) is 44.2 Å². The molecule has 8 heteroatoms. The summed E-state index contributed by atoms with van der Waals surface area (Å²) in [5, 5.41) is 0. The van der Waals surface area contributed by atoms with Crippen LogP contribution in [0.1, 0.15) is 30.1 Å². The number of nitrogens with zero attached hydrogens (tertiary/aromatic N) is 4. The van der Waals surface area contributed by atoms with Crippen molar-refractivity contribution in [2.75, 3.05) is 36.1 Å². The highest BCUT2D eigenvalue weighted by atomic mass is 16.6. The van der Waals surface area contributed by atoms with Crippen LogP contribution in [-0.4, -0.2) is 47.7 Å². The van der Waals surface area contributed by atoms with Gasteiger partial charge >= 0.3 is 0 Å². The summed E-state index contributed by atoms with van der Waals surface area (Å²) >= 11 is 0. The second-order valence-electron chi connectivity index (χ2n) is 10.1.